The first kappa shape index (κ1) is 8.94. The maximum atomic E-state index is 5.94. The summed E-state index contributed by atoms with van der Waals surface area (Å²) in [4.78, 5) is 7.86. The van der Waals surface area contributed by atoms with Gasteiger partial charge in [-0.15, -0.1) is 11.3 Å². The van der Waals surface area contributed by atoms with Gasteiger partial charge in [-0.3, -0.25) is 0 Å². The van der Waals surface area contributed by atoms with Crippen LogP contribution in [0.3, 0.4) is 0 Å². The van der Waals surface area contributed by atoms with Crippen molar-refractivity contribution in [1.29, 1.82) is 0 Å². The number of nitrogens with zero attached hydrogens (tertiary/aromatic N) is 2. The Labute approximate surface area is 89.2 Å². The standard InChI is InChI=1S/C8H4Cl2N2S/c9-7-3-6(11-4-12-7)5-1-2-13-8(5)10/h1-4H. The fourth-order valence-corrected chi connectivity index (χ4v) is 2.04. The molecule has 0 aromatic carbocycles. The molecule has 0 fully saturated rings. The van der Waals surface area contributed by atoms with Crippen LogP contribution in [0.5, 0.6) is 0 Å². The van der Waals surface area contributed by atoms with Crippen molar-refractivity contribution in [2.24, 2.45) is 0 Å². The third-order valence-corrected chi connectivity index (χ3v) is 2.90. The molecule has 0 aliphatic rings. The Kier molecular flexibility index (Phi) is 2.49. The predicted octanol–water partition coefficient (Wildman–Crippen LogP) is 3.51. The summed E-state index contributed by atoms with van der Waals surface area (Å²) in [5.41, 5.74) is 1.65. The summed E-state index contributed by atoms with van der Waals surface area (Å²) in [7, 11) is 0. The summed E-state index contributed by atoms with van der Waals surface area (Å²) >= 11 is 13.1. The van der Waals surface area contributed by atoms with E-state index in [2.05, 4.69) is 9.97 Å². The second-order valence-corrected chi connectivity index (χ2v) is 4.24. The monoisotopic (exact) mass is 230 g/mol. The zero-order chi connectivity index (χ0) is 9.26. The molecule has 0 saturated carbocycles. The lowest BCUT2D eigenvalue weighted by molar-refractivity contribution is 1.17. The Bertz CT molecular complexity index is 428. The van der Waals surface area contributed by atoms with Crippen molar-refractivity contribution >= 4 is 34.5 Å². The molecule has 5 heteroatoms. The van der Waals surface area contributed by atoms with Gasteiger partial charge in [0.05, 0.1) is 5.69 Å². The fourth-order valence-electron chi connectivity index (χ4n) is 0.958. The van der Waals surface area contributed by atoms with Gasteiger partial charge in [0.2, 0.25) is 0 Å². The summed E-state index contributed by atoms with van der Waals surface area (Å²) in [6.45, 7) is 0. The van der Waals surface area contributed by atoms with E-state index in [-0.39, 0.29) is 0 Å². The lowest BCUT2D eigenvalue weighted by Gasteiger charge is -1.96. The molecule has 0 unspecified atom stereocenters. The molecule has 2 heterocycles. The molecule has 0 aliphatic heterocycles. The van der Waals surface area contributed by atoms with Crippen LogP contribution < -0.4 is 0 Å². The number of aromatic nitrogens is 2. The van der Waals surface area contributed by atoms with E-state index in [0.29, 0.717) is 5.15 Å². The Balaban J connectivity index is 2.53. The Morgan fingerprint density at radius 1 is 1.23 bits per heavy atom. The SMILES string of the molecule is Clc1cc(-c2ccsc2Cl)ncn1. The van der Waals surface area contributed by atoms with Crippen LogP contribution in [0.25, 0.3) is 11.3 Å². The highest BCUT2D eigenvalue weighted by Gasteiger charge is 2.06. The Morgan fingerprint density at radius 2 is 2.08 bits per heavy atom. The van der Waals surface area contributed by atoms with E-state index in [4.69, 9.17) is 23.2 Å². The summed E-state index contributed by atoms with van der Waals surface area (Å²) < 4.78 is 0.717. The normalized spacial score (nSPS) is 10.3. The molecule has 2 aromatic rings. The number of rotatable bonds is 1. The van der Waals surface area contributed by atoms with E-state index in [1.165, 1.54) is 17.7 Å². The zero-order valence-corrected chi connectivity index (χ0v) is 8.70. The molecule has 0 saturated heterocycles. The summed E-state index contributed by atoms with van der Waals surface area (Å²) in [5, 5.41) is 2.33. The van der Waals surface area contributed by atoms with Crippen LogP contribution in [0.2, 0.25) is 9.49 Å². The van der Waals surface area contributed by atoms with Gasteiger partial charge in [-0.05, 0) is 11.4 Å². The number of halogens is 2. The molecule has 0 radical (unpaired) electrons. The second-order valence-electron chi connectivity index (χ2n) is 2.33. The lowest BCUT2D eigenvalue weighted by Crippen LogP contribution is -1.83. The summed E-state index contributed by atoms with van der Waals surface area (Å²) in [6.07, 6.45) is 1.42. The molecule has 2 aromatic heterocycles. The minimum atomic E-state index is 0.423. The maximum absolute atomic E-state index is 5.94. The van der Waals surface area contributed by atoms with Crippen molar-refractivity contribution in [3.8, 4) is 11.3 Å². The molecule has 2 nitrogen and oxygen atoms in total. The highest BCUT2D eigenvalue weighted by Crippen LogP contribution is 2.31. The van der Waals surface area contributed by atoms with Crippen molar-refractivity contribution in [3.63, 3.8) is 0 Å². The molecule has 13 heavy (non-hydrogen) atoms. The van der Waals surface area contributed by atoms with Gasteiger partial charge >= 0.3 is 0 Å². The number of thiophene rings is 1. The van der Waals surface area contributed by atoms with Crippen molar-refractivity contribution in [2.75, 3.05) is 0 Å². The van der Waals surface area contributed by atoms with Crippen LogP contribution in [0.15, 0.2) is 23.8 Å². The number of hydrogen-bond acceptors (Lipinski definition) is 3. The van der Waals surface area contributed by atoms with Gasteiger partial charge in [0.1, 0.15) is 15.8 Å². The van der Waals surface area contributed by atoms with Gasteiger partial charge in [0, 0.05) is 11.6 Å². The molecule has 0 amide bonds. The first-order chi connectivity index (χ1) is 6.27. The highest BCUT2D eigenvalue weighted by atomic mass is 35.5. The van der Waals surface area contributed by atoms with Crippen LogP contribution in [-0.4, -0.2) is 9.97 Å². The average Bonchev–Trinajstić information content (AvgIpc) is 2.51. The minimum Gasteiger partial charge on any atom is -0.236 e. The molecule has 0 N–H and O–H groups in total. The molecule has 0 bridgehead atoms. The molecule has 0 aliphatic carbocycles. The fraction of sp³-hybridized carbons (Fsp3) is 0. The number of hydrogen-bond donors (Lipinski definition) is 0. The first-order valence-electron chi connectivity index (χ1n) is 3.48. The smallest absolute Gasteiger partial charge is 0.133 e. The molecule has 2 rings (SSSR count). The van der Waals surface area contributed by atoms with Crippen LogP contribution in [0, 0.1) is 0 Å². The van der Waals surface area contributed by atoms with Gasteiger partial charge in [-0.1, -0.05) is 23.2 Å². The van der Waals surface area contributed by atoms with Crippen molar-refractivity contribution < 1.29 is 0 Å². The van der Waals surface area contributed by atoms with Crippen LogP contribution >= 0.6 is 34.5 Å². The second kappa shape index (κ2) is 3.62. The average molecular weight is 231 g/mol. The topological polar surface area (TPSA) is 25.8 Å². The lowest BCUT2D eigenvalue weighted by atomic mass is 10.2. The molecule has 0 spiro atoms. The third kappa shape index (κ3) is 1.82. The Morgan fingerprint density at radius 3 is 2.69 bits per heavy atom. The molecular weight excluding hydrogens is 227 g/mol. The summed E-state index contributed by atoms with van der Waals surface area (Å²) in [6, 6.07) is 3.60. The largest absolute Gasteiger partial charge is 0.236 e. The van der Waals surface area contributed by atoms with Crippen molar-refractivity contribution in [2.45, 2.75) is 0 Å². The van der Waals surface area contributed by atoms with E-state index in [9.17, 15) is 0 Å². The van der Waals surface area contributed by atoms with Gasteiger partial charge in [-0.2, -0.15) is 0 Å². The predicted molar refractivity (Wildman–Crippen MR) is 55.4 cm³/mol. The molecule has 66 valence electrons. The van der Waals surface area contributed by atoms with E-state index < -0.39 is 0 Å². The van der Waals surface area contributed by atoms with Gasteiger partial charge in [0.15, 0.2) is 0 Å². The highest BCUT2D eigenvalue weighted by molar-refractivity contribution is 7.15. The maximum Gasteiger partial charge on any atom is 0.133 e. The first-order valence-corrected chi connectivity index (χ1v) is 5.12. The van der Waals surface area contributed by atoms with Gasteiger partial charge in [-0.25, -0.2) is 9.97 Å². The third-order valence-electron chi connectivity index (χ3n) is 1.53. The van der Waals surface area contributed by atoms with E-state index in [1.807, 2.05) is 11.4 Å². The quantitative estimate of drug-likeness (QED) is 0.702. The summed E-state index contributed by atoms with van der Waals surface area (Å²) in [5.74, 6) is 0. The van der Waals surface area contributed by atoms with Gasteiger partial charge < -0.3 is 0 Å². The molecular formula is C8H4Cl2N2S. The van der Waals surface area contributed by atoms with E-state index >= 15 is 0 Å². The van der Waals surface area contributed by atoms with Crippen molar-refractivity contribution in [1.82, 2.24) is 9.97 Å². The van der Waals surface area contributed by atoms with Gasteiger partial charge in [0.25, 0.3) is 0 Å². The van der Waals surface area contributed by atoms with E-state index in [1.54, 1.807) is 6.07 Å². The Hall–Kier alpha value is -0.640. The zero-order valence-electron chi connectivity index (χ0n) is 6.37. The van der Waals surface area contributed by atoms with Crippen molar-refractivity contribution in [3.05, 3.63) is 33.3 Å². The van der Waals surface area contributed by atoms with Crippen LogP contribution in [0.1, 0.15) is 0 Å². The molecule has 0 atom stereocenters. The van der Waals surface area contributed by atoms with E-state index in [0.717, 1.165) is 15.6 Å². The minimum absolute atomic E-state index is 0.423. The van der Waals surface area contributed by atoms with Crippen LogP contribution in [-0.2, 0) is 0 Å². The van der Waals surface area contributed by atoms with Crippen LogP contribution in [0.4, 0.5) is 0 Å².